The van der Waals surface area contributed by atoms with Crippen LogP contribution in [-0.2, 0) is 7.05 Å². The number of anilines is 1. The van der Waals surface area contributed by atoms with Gasteiger partial charge in [0.15, 0.2) is 0 Å². The zero-order valence-corrected chi connectivity index (χ0v) is 14.0. The van der Waals surface area contributed by atoms with Gasteiger partial charge in [0, 0.05) is 18.7 Å². The number of para-hydroxylation sites is 2. The molecule has 2 heterocycles. The lowest BCUT2D eigenvalue weighted by molar-refractivity contribution is 0.102. The molecule has 0 bridgehead atoms. The number of aromatic nitrogens is 4. The summed E-state index contributed by atoms with van der Waals surface area (Å²) < 4.78 is 3.62. The Bertz CT molecular complexity index is 1060. The van der Waals surface area contributed by atoms with Crippen molar-refractivity contribution in [2.45, 2.75) is 6.92 Å². The second-order valence-electron chi connectivity index (χ2n) is 5.86. The van der Waals surface area contributed by atoms with Gasteiger partial charge in [-0.2, -0.15) is 9.78 Å². The standard InChI is InChI=1S/C19H17N5O/c1-13-12-17(21-18(25)14-8-4-3-5-9-14)24(22-13)19-20-15-10-6-7-11-16(15)23(19)2/h3-12H,1-2H3,(H,21,25). The Labute approximate surface area is 144 Å². The van der Waals surface area contributed by atoms with Gasteiger partial charge in [0.2, 0.25) is 5.95 Å². The van der Waals surface area contributed by atoms with Crippen molar-refractivity contribution < 1.29 is 4.79 Å². The minimum Gasteiger partial charge on any atom is -0.311 e. The number of rotatable bonds is 3. The molecular weight excluding hydrogens is 314 g/mol. The highest BCUT2D eigenvalue weighted by Crippen LogP contribution is 2.21. The smallest absolute Gasteiger partial charge is 0.256 e. The summed E-state index contributed by atoms with van der Waals surface area (Å²) in [5.41, 5.74) is 3.29. The van der Waals surface area contributed by atoms with Crippen molar-refractivity contribution in [3.63, 3.8) is 0 Å². The van der Waals surface area contributed by atoms with E-state index in [9.17, 15) is 4.79 Å². The molecule has 124 valence electrons. The first-order chi connectivity index (χ1) is 12.1. The van der Waals surface area contributed by atoms with Gasteiger partial charge in [-0.3, -0.25) is 4.79 Å². The topological polar surface area (TPSA) is 64.7 Å². The van der Waals surface area contributed by atoms with Crippen molar-refractivity contribution in [2.75, 3.05) is 5.32 Å². The Hall–Kier alpha value is -3.41. The average Bonchev–Trinajstić information content (AvgIpc) is 3.16. The van der Waals surface area contributed by atoms with Crippen LogP contribution in [0.5, 0.6) is 0 Å². The van der Waals surface area contributed by atoms with Crippen LogP contribution in [0.1, 0.15) is 16.1 Å². The number of hydrogen-bond acceptors (Lipinski definition) is 3. The first kappa shape index (κ1) is 15.1. The number of fused-ring (bicyclic) bond motifs is 1. The zero-order valence-electron chi connectivity index (χ0n) is 14.0. The summed E-state index contributed by atoms with van der Waals surface area (Å²) >= 11 is 0. The molecule has 1 amide bonds. The van der Waals surface area contributed by atoms with E-state index in [-0.39, 0.29) is 5.91 Å². The van der Waals surface area contributed by atoms with Crippen LogP contribution in [-0.4, -0.2) is 25.2 Å². The molecule has 0 unspecified atom stereocenters. The van der Waals surface area contributed by atoms with E-state index in [0.717, 1.165) is 16.7 Å². The summed E-state index contributed by atoms with van der Waals surface area (Å²) in [6.07, 6.45) is 0. The molecule has 0 spiro atoms. The molecule has 0 radical (unpaired) electrons. The van der Waals surface area contributed by atoms with Crippen molar-refractivity contribution in [3.05, 3.63) is 71.9 Å². The third-order valence-electron chi connectivity index (χ3n) is 4.06. The lowest BCUT2D eigenvalue weighted by Crippen LogP contribution is -2.16. The Morgan fingerprint density at radius 3 is 2.52 bits per heavy atom. The van der Waals surface area contributed by atoms with Gasteiger partial charge in [-0.15, -0.1) is 0 Å². The Balaban J connectivity index is 1.76. The summed E-state index contributed by atoms with van der Waals surface area (Å²) in [6, 6.07) is 18.8. The summed E-state index contributed by atoms with van der Waals surface area (Å²) in [6.45, 7) is 1.89. The van der Waals surface area contributed by atoms with E-state index in [4.69, 9.17) is 0 Å². The van der Waals surface area contributed by atoms with E-state index < -0.39 is 0 Å². The number of carbonyl (C=O) groups excluding carboxylic acids is 1. The summed E-state index contributed by atoms with van der Waals surface area (Å²) in [5, 5.41) is 7.43. The quantitative estimate of drug-likeness (QED) is 0.626. The molecule has 0 saturated heterocycles. The number of nitrogens with one attached hydrogen (secondary N) is 1. The van der Waals surface area contributed by atoms with Crippen molar-refractivity contribution in [1.29, 1.82) is 0 Å². The third kappa shape index (κ3) is 2.67. The maximum Gasteiger partial charge on any atom is 0.256 e. The second kappa shape index (κ2) is 5.90. The van der Waals surface area contributed by atoms with Crippen LogP contribution in [0, 0.1) is 6.92 Å². The Kier molecular flexibility index (Phi) is 3.57. The van der Waals surface area contributed by atoms with E-state index >= 15 is 0 Å². The number of hydrogen-bond donors (Lipinski definition) is 1. The minimum absolute atomic E-state index is 0.180. The van der Waals surface area contributed by atoms with E-state index in [1.807, 2.05) is 67.1 Å². The van der Waals surface area contributed by atoms with Crippen LogP contribution < -0.4 is 5.32 Å². The van der Waals surface area contributed by atoms with Crippen molar-refractivity contribution >= 4 is 22.8 Å². The van der Waals surface area contributed by atoms with E-state index in [0.29, 0.717) is 17.3 Å². The van der Waals surface area contributed by atoms with Crippen LogP contribution in [0.2, 0.25) is 0 Å². The molecule has 1 N–H and O–H groups in total. The predicted octanol–water partition coefficient (Wildman–Crippen LogP) is 3.32. The normalized spacial score (nSPS) is 11.0. The summed E-state index contributed by atoms with van der Waals surface area (Å²) in [5.74, 6) is 1.06. The monoisotopic (exact) mass is 331 g/mol. The molecule has 0 fully saturated rings. The first-order valence-corrected chi connectivity index (χ1v) is 7.98. The number of imidazole rings is 1. The summed E-state index contributed by atoms with van der Waals surface area (Å²) in [4.78, 5) is 17.1. The molecule has 0 atom stereocenters. The van der Waals surface area contributed by atoms with Crippen LogP contribution in [0.15, 0.2) is 60.7 Å². The molecule has 4 aromatic rings. The highest BCUT2D eigenvalue weighted by molar-refractivity contribution is 6.03. The van der Waals surface area contributed by atoms with Crippen LogP contribution in [0.4, 0.5) is 5.82 Å². The van der Waals surface area contributed by atoms with Crippen molar-refractivity contribution in [2.24, 2.45) is 7.05 Å². The van der Waals surface area contributed by atoms with Crippen molar-refractivity contribution in [1.82, 2.24) is 19.3 Å². The maximum absolute atomic E-state index is 12.5. The minimum atomic E-state index is -0.180. The fourth-order valence-electron chi connectivity index (χ4n) is 2.84. The highest BCUT2D eigenvalue weighted by atomic mass is 16.1. The second-order valence-corrected chi connectivity index (χ2v) is 5.86. The van der Waals surface area contributed by atoms with Crippen LogP contribution in [0.25, 0.3) is 17.0 Å². The molecule has 0 aliphatic carbocycles. The first-order valence-electron chi connectivity index (χ1n) is 7.98. The number of amides is 1. The largest absolute Gasteiger partial charge is 0.311 e. The third-order valence-corrected chi connectivity index (χ3v) is 4.06. The van der Waals surface area contributed by atoms with E-state index in [2.05, 4.69) is 15.4 Å². The molecule has 0 aliphatic rings. The van der Waals surface area contributed by atoms with Gasteiger partial charge >= 0.3 is 0 Å². The number of carbonyl (C=O) groups is 1. The summed E-state index contributed by atoms with van der Waals surface area (Å²) in [7, 11) is 1.93. The van der Waals surface area contributed by atoms with E-state index in [1.54, 1.807) is 16.8 Å². The van der Waals surface area contributed by atoms with Gasteiger partial charge in [0.25, 0.3) is 5.91 Å². The molecule has 6 nitrogen and oxygen atoms in total. The maximum atomic E-state index is 12.5. The fraction of sp³-hybridized carbons (Fsp3) is 0.105. The molecule has 0 aliphatic heterocycles. The molecule has 4 rings (SSSR count). The predicted molar refractivity (Wildman–Crippen MR) is 97.0 cm³/mol. The van der Waals surface area contributed by atoms with Gasteiger partial charge in [0.1, 0.15) is 5.82 Å². The van der Waals surface area contributed by atoms with Crippen molar-refractivity contribution in [3.8, 4) is 5.95 Å². The van der Waals surface area contributed by atoms with Gasteiger partial charge in [-0.1, -0.05) is 30.3 Å². The number of nitrogens with zero attached hydrogens (tertiary/aromatic N) is 4. The zero-order chi connectivity index (χ0) is 17.4. The Morgan fingerprint density at radius 1 is 1.04 bits per heavy atom. The van der Waals surface area contributed by atoms with Gasteiger partial charge in [-0.05, 0) is 31.2 Å². The van der Waals surface area contributed by atoms with E-state index in [1.165, 1.54) is 0 Å². The Morgan fingerprint density at radius 2 is 1.76 bits per heavy atom. The van der Waals surface area contributed by atoms with Gasteiger partial charge in [0.05, 0.1) is 16.7 Å². The molecule has 0 saturated carbocycles. The molecule has 25 heavy (non-hydrogen) atoms. The number of benzene rings is 2. The van der Waals surface area contributed by atoms with Gasteiger partial charge < -0.3 is 9.88 Å². The molecule has 6 heteroatoms. The van der Waals surface area contributed by atoms with Gasteiger partial charge in [-0.25, -0.2) is 4.98 Å². The average molecular weight is 331 g/mol. The fourth-order valence-corrected chi connectivity index (χ4v) is 2.84. The molecular formula is C19H17N5O. The highest BCUT2D eigenvalue weighted by Gasteiger charge is 2.16. The lowest BCUT2D eigenvalue weighted by atomic mass is 10.2. The number of aryl methyl sites for hydroxylation is 2. The van der Waals surface area contributed by atoms with Crippen LogP contribution >= 0.6 is 0 Å². The molecule has 2 aromatic carbocycles. The SMILES string of the molecule is Cc1cc(NC(=O)c2ccccc2)n(-c2nc3ccccc3n2C)n1. The lowest BCUT2D eigenvalue weighted by Gasteiger charge is -2.08. The molecule has 2 aromatic heterocycles. The van der Waals surface area contributed by atoms with Crippen LogP contribution in [0.3, 0.4) is 0 Å².